The van der Waals surface area contributed by atoms with Crippen LogP contribution in [0.15, 0.2) is 60.7 Å². The Hall–Kier alpha value is -4.64. The van der Waals surface area contributed by atoms with Crippen molar-refractivity contribution in [2.24, 2.45) is 0 Å². The highest BCUT2D eigenvalue weighted by Crippen LogP contribution is 2.44. The van der Waals surface area contributed by atoms with Gasteiger partial charge in [0.1, 0.15) is 12.2 Å². The van der Waals surface area contributed by atoms with Crippen LogP contribution in [0.1, 0.15) is 54.1 Å². The van der Waals surface area contributed by atoms with Crippen molar-refractivity contribution in [1.82, 2.24) is 19.4 Å². The molecule has 7 rings (SSSR count). The Labute approximate surface area is 260 Å². The molecule has 2 aliphatic rings. The number of nitrogens with two attached hydrogens (primary N) is 1. The third-order valence-corrected chi connectivity index (χ3v) is 10.9. The lowest BCUT2D eigenvalue weighted by Crippen LogP contribution is -2.45. The summed E-state index contributed by atoms with van der Waals surface area (Å²) in [4.78, 5) is 35.4. The van der Waals surface area contributed by atoms with Crippen molar-refractivity contribution >= 4 is 49.3 Å². The smallest absolute Gasteiger partial charge is 0.352 e. The maximum absolute atomic E-state index is 13.7. The quantitative estimate of drug-likeness (QED) is 0.213. The standard InChI is InChI=1S/C34H35N5O5S/c35-25-8-4-7-22(18-25)26-11-9-23-17-24(10-12-27(23)36-26)33-31(21-5-2-1-3-6-21)32-29(19-28(37-32)34(41)42)39(33)20-30(40)38-13-15-45(43,44)16-14-38/h4,7-12,17-19,21,37H,1-3,5-6,13-16,20,35H2,(H,41,42). The highest BCUT2D eigenvalue weighted by molar-refractivity contribution is 7.91. The van der Waals surface area contributed by atoms with E-state index in [2.05, 4.69) is 11.1 Å². The number of rotatable bonds is 6. The van der Waals surface area contributed by atoms with E-state index in [9.17, 15) is 23.1 Å². The first-order valence-corrected chi connectivity index (χ1v) is 17.2. The molecule has 1 aliphatic heterocycles. The Balaban J connectivity index is 1.37. The second kappa shape index (κ2) is 11.4. The number of nitrogens with zero attached hydrogens (tertiary/aromatic N) is 3. The molecule has 0 radical (unpaired) electrons. The van der Waals surface area contributed by atoms with Crippen LogP contribution in [-0.4, -0.2) is 69.4 Å². The van der Waals surface area contributed by atoms with E-state index >= 15 is 0 Å². The van der Waals surface area contributed by atoms with Crippen LogP contribution in [0.2, 0.25) is 0 Å². The topological polar surface area (TPSA) is 151 Å². The van der Waals surface area contributed by atoms with Crippen molar-refractivity contribution in [3.05, 3.63) is 71.9 Å². The molecule has 1 saturated heterocycles. The minimum Gasteiger partial charge on any atom is -0.477 e. The highest BCUT2D eigenvalue weighted by atomic mass is 32.2. The average Bonchev–Trinajstić information content (AvgIpc) is 3.59. The molecule has 0 unspecified atom stereocenters. The summed E-state index contributed by atoms with van der Waals surface area (Å²) in [6.45, 7) is 0.280. The zero-order valence-corrected chi connectivity index (χ0v) is 25.6. The predicted octanol–water partition coefficient (Wildman–Crippen LogP) is 5.44. The molecule has 0 atom stereocenters. The number of hydrogen-bond donors (Lipinski definition) is 3. The molecular formula is C34H35N5O5S. The van der Waals surface area contributed by atoms with Crippen molar-refractivity contribution in [3.63, 3.8) is 0 Å². The Morgan fingerprint density at radius 1 is 0.956 bits per heavy atom. The Morgan fingerprint density at radius 2 is 1.73 bits per heavy atom. The van der Waals surface area contributed by atoms with Crippen LogP contribution < -0.4 is 5.73 Å². The number of H-pyrrole nitrogens is 1. The summed E-state index contributed by atoms with van der Waals surface area (Å²) < 4.78 is 26.0. The highest BCUT2D eigenvalue weighted by Gasteiger charge is 2.31. The van der Waals surface area contributed by atoms with Gasteiger partial charge < -0.3 is 25.3 Å². The molecule has 0 bridgehead atoms. The number of nitrogens with one attached hydrogen (secondary N) is 1. The number of carboxylic acids is 1. The molecule has 4 N–H and O–H groups in total. The van der Waals surface area contributed by atoms with Gasteiger partial charge in [-0.15, -0.1) is 0 Å². The lowest BCUT2D eigenvalue weighted by atomic mass is 9.82. The number of benzene rings is 2. The lowest BCUT2D eigenvalue weighted by Gasteiger charge is -2.28. The summed E-state index contributed by atoms with van der Waals surface area (Å²) in [5, 5.41) is 10.8. The van der Waals surface area contributed by atoms with Gasteiger partial charge in [-0.3, -0.25) is 4.79 Å². The number of sulfone groups is 1. The van der Waals surface area contributed by atoms with Crippen LogP contribution in [0, 0.1) is 0 Å². The normalized spacial score (nSPS) is 17.2. The average molecular weight is 626 g/mol. The maximum atomic E-state index is 13.7. The number of amides is 1. The fourth-order valence-corrected chi connectivity index (χ4v) is 8.16. The van der Waals surface area contributed by atoms with Gasteiger partial charge in [-0.2, -0.15) is 0 Å². The Bertz CT molecular complexity index is 2060. The molecule has 232 valence electrons. The van der Waals surface area contributed by atoms with Crippen molar-refractivity contribution in [2.45, 2.75) is 44.6 Å². The number of carboxylic acid groups (broad SMARTS) is 1. The van der Waals surface area contributed by atoms with Crippen molar-refractivity contribution in [1.29, 1.82) is 0 Å². The molecule has 1 amide bonds. The summed E-state index contributed by atoms with van der Waals surface area (Å²) in [6, 6.07) is 19.3. The van der Waals surface area contributed by atoms with Crippen LogP contribution in [0.3, 0.4) is 0 Å². The van der Waals surface area contributed by atoms with E-state index in [0.717, 1.165) is 76.6 Å². The molecule has 0 spiro atoms. The van der Waals surface area contributed by atoms with Gasteiger partial charge in [0.2, 0.25) is 5.91 Å². The first kappa shape index (κ1) is 29.1. The monoisotopic (exact) mass is 625 g/mol. The summed E-state index contributed by atoms with van der Waals surface area (Å²) in [5.41, 5.74) is 13.6. The van der Waals surface area contributed by atoms with E-state index in [0.29, 0.717) is 11.2 Å². The van der Waals surface area contributed by atoms with Gasteiger partial charge in [-0.25, -0.2) is 18.2 Å². The molecule has 11 heteroatoms. The molecule has 45 heavy (non-hydrogen) atoms. The predicted molar refractivity (Wildman–Crippen MR) is 175 cm³/mol. The maximum Gasteiger partial charge on any atom is 0.352 e. The third-order valence-electron chi connectivity index (χ3n) is 9.26. The lowest BCUT2D eigenvalue weighted by molar-refractivity contribution is -0.131. The molecule has 10 nitrogen and oxygen atoms in total. The van der Waals surface area contributed by atoms with Crippen molar-refractivity contribution in [2.75, 3.05) is 30.3 Å². The van der Waals surface area contributed by atoms with Gasteiger partial charge in [0, 0.05) is 35.3 Å². The number of aromatic nitrogens is 3. The van der Waals surface area contributed by atoms with Crippen LogP contribution in [-0.2, 0) is 21.2 Å². The van der Waals surface area contributed by atoms with Gasteiger partial charge in [-0.05, 0) is 60.7 Å². The van der Waals surface area contributed by atoms with Gasteiger partial charge in [-0.1, -0.05) is 43.5 Å². The second-order valence-corrected chi connectivity index (χ2v) is 14.5. The van der Waals surface area contributed by atoms with Crippen LogP contribution in [0.25, 0.3) is 44.5 Å². The van der Waals surface area contributed by atoms with Gasteiger partial charge in [0.15, 0.2) is 9.84 Å². The van der Waals surface area contributed by atoms with E-state index in [4.69, 9.17) is 10.7 Å². The molecular weight excluding hydrogens is 590 g/mol. The Morgan fingerprint density at radius 3 is 2.47 bits per heavy atom. The number of hydrogen-bond acceptors (Lipinski definition) is 6. The summed E-state index contributed by atoms with van der Waals surface area (Å²) in [6.07, 6.45) is 5.28. The van der Waals surface area contributed by atoms with Gasteiger partial charge in [0.25, 0.3) is 0 Å². The van der Waals surface area contributed by atoms with Crippen LogP contribution in [0.5, 0.6) is 0 Å². The minimum absolute atomic E-state index is 0.0276. The number of carbonyl (C=O) groups excluding carboxylic acids is 1. The zero-order chi connectivity index (χ0) is 31.3. The SMILES string of the molecule is Nc1cccc(-c2ccc3cc(-c4c(C5CCCCC5)c5[nH]c(C(=O)O)cc5n4CC(=O)N4CCS(=O)(=O)CC4)ccc3n2)c1. The molecule has 1 aliphatic carbocycles. The van der Waals surface area contributed by atoms with Crippen LogP contribution >= 0.6 is 0 Å². The van der Waals surface area contributed by atoms with E-state index in [1.165, 1.54) is 0 Å². The number of fused-ring (bicyclic) bond motifs is 2. The first-order valence-electron chi connectivity index (χ1n) is 15.4. The number of anilines is 1. The third kappa shape index (κ3) is 5.56. The molecule has 1 saturated carbocycles. The van der Waals surface area contributed by atoms with E-state index in [-0.39, 0.29) is 48.7 Å². The van der Waals surface area contributed by atoms with Crippen molar-refractivity contribution < 1.29 is 23.1 Å². The number of carbonyl (C=O) groups is 2. The van der Waals surface area contributed by atoms with Crippen LogP contribution in [0.4, 0.5) is 5.69 Å². The molecule has 5 aromatic rings. The number of aromatic amines is 1. The zero-order valence-electron chi connectivity index (χ0n) is 24.8. The molecule has 2 fully saturated rings. The van der Waals surface area contributed by atoms with E-state index < -0.39 is 15.8 Å². The van der Waals surface area contributed by atoms with Gasteiger partial charge >= 0.3 is 5.97 Å². The minimum atomic E-state index is -3.15. The van der Waals surface area contributed by atoms with E-state index in [1.54, 1.807) is 11.0 Å². The fraction of sp³-hybridized carbons (Fsp3) is 0.324. The van der Waals surface area contributed by atoms with Gasteiger partial charge in [0.05, 0.1) is 39.4 Å². The Kier molecular flexibility index (Phi) is 7.35. The summed E-state index contributed by atoms with van der Waals surface area (Å²) in [5.74, 6) is -1.15. The second-order valence-electron chi connectivity index (χ2n) is 12.2. The first-order chi connectivity index (χ1) is 21.7. The number of pyridine rings is 1. The largest absolute Gasteiger partial charge is 0.477 e. The molecule has 2 aromatic carbocycles. The van der Waals surface area contributed by atoms with E-state index in [1.807, 2.05) is 53.1 Å². The number of aromatic carboxylic acids is 1. The molecule has 4 heterocycles. The summed E-state index contributed by atoms with van der Waals surface area (Å²) >= 11 is 0. The van der Waals surface area contributed by atoms with Crippen molar-refractivity contribution in [3.8, 4) is 22.5 Å². The number of nitrogen functional groups attached to an aromatic ring is 1. The summed E-state index contributed by atoms with van der Waals surface area (Å²) in [7, 11) is -3.15. The fourth-order valence-electron chi connectivity index (χ4n) is 6.95. The molecule has 3 aromatic heterocycles.